The molecule has 0 aliphatic heterocycles. The van der Waals surface area contributed by atoms with Crippen molar-refractivity contribution in [3.8, 4) is 11.5 Å². The molecule has 0 saturated carbocycles. The van der Waals surface area contributed by atoms with Crippen LogP contribution in [0.3, 0.4) is 0 Å². The molecule has 0 spiro atoms. The first-order valence-corrected chi connectivity index (χ1v) is 7.76. The van der Waals surface area contributed by atoms with Crippen LogP contribution in [0.1, 0.15) is 5.56 Å². The van der Waals surface area contributed by atoms with Gasteiger partial charge in [0.25, 0.3) is 0 Å². The molecule has 7 heteroatoms. The number of benzene rings is 2. The Morgan fingerprint density at radius 3 is 2.50 bits per heavy atom. The van der Waals surface area contributed by atoms with Crippen molar-refractivity contribution in [2.24, 2.45) is 5.10 Å². The summed E-state index contributed by atoms with van der Waals surface area (Å²) in [4.78, 5) is 0. The second-order valence-electron chi connectivity index (χ2n) is 4.20. The molecule has 0 aliphatic rings. The average Bonchev–Trinajstić information content (AvgIpc) is 2.52. The lowest BCUT2D eigenvalue weighted by molar-refractivity contribution is 0.353. The Kier molecular flexibility index (Phi) is 5.94. The van der Waals surface area contributed by atoms with Crippen LogP contribution in [0.15, 0.2) is 39.9 Å². The summed E-state index contributed by atoms with van der Waals surface area (Å²) in [5.41, 5.74) is 4.46. The van der Waals surface area contributed by atoms with Crippen LogP contribution in [0.25, 0.3) is 0 Å². The summed E-state index contributed by atoms with van der Waals surface area (Å²) in [5, 5.41) is 5.14. The highest BCUT2D eigenvalue weighted by molar-refractivity contribution is 9.10. The number of hydrogen-bond donors (Lipinski definition) is 1. The topological polar surface area (TPSA) is 42.8 Å². The van der Waals surface area contributed by atoms with E-state index in [0.717, 1.165) is 15.7 Å². The molecule has 0 bridgehead atoms. The Morgan fingerprint density at radius 1 is 1.09 bits per heavy atom. The van der Waals surface area contributed by atoms with Crippen LogP contribution in [-0.4, -0.2) is 20.4 Å². The van der Waals surface area contributed by atoms with Gasteiger partial charge in [-0.3, -0.25) is 5.43 Å². The zero-order chi connectivity index (χ0) is 16.1. The molecule has 2 aromatic rings. The van der Waals surface area contributed by atoms with Crippen molar-refractivity contribution in [1.82, 2.24) is 0 Å². The van der Waals surface area contributed by atoms with Gasteiger partial charge in [-0.25, -0.2) is 0 Å². The molecule has 0 atom stereocenters. The largest absolute Gasteiger partial charge is 0.493 e. The van der Waals surface area contributed by atoms with E-state index in [9.17, 15) is 0 Å². The molecule has 0 amide bonds. The Balaban J connectivity index is 2.18. The number of halogens is 3. The molecule has 0 radical (unpaired) electrons. The van der Waals surface area contributed by atoms with Gasteiger partial charge < -0.3 is 9.47 Å². The Labute approximate surface area is 147 Å². The fourth-order valence-electron chi connectivity index (χ4n) is 1.75. The van der Waals surface area contributed by atoms with Crippen LogP contribution < -0.4 is 14.9 Å². The third-order valence-corrected chi connectivity index (χ3v) is 4.39. The van der Waals surface area contributed by atoms with Gasteiger partial charge in [-0.05, 0) is 46.3 Å². The number of nitrogens with zero attached hydrogens (tertiary/aromatic N) is 1. The minimum atomic E-state index is 0.467. The lowest BCUT2D eigenvalue weighted by Crippen LogP contribution is -1.96. The van der Waals surface area contributed by atoms with E-state index in [0.29, 0.717) is 21.5 Å². The SMILES string of the molecule is COc1ccc(C=NNc2ccc(Cl)c(Cl)c2)c(Br)c1OC. The predicted molar refractivity (Wildman–Crippen MR) is 94.9 cm³/mol. The van der Waals surface area contributed by atoms with Crippen molar-refractivity contribution < 1.29 is 9.47 Å². The molecule has 116 valence electrons. The van der Waals surface area contributed by atoms with Crippen LogP contribution in [0.4, 0.5) is 5.69 Å². The van der Waals surface area contributed by atoms with E-state index in [2.05, 4.69) is 26.5 Å². The van der Waals surface area contributed by atoms with E-state index in [4.69, 9.17) is 32.7 Å². The molecule has 2 aromatic carbocycles. The zero-order valence-electron chi connectivity index (χ0n) is 11.9. The second-order valence-corrected chi connectivity index (χ2v) is 5.81. The van der Waals surface area contributed by atoms with Gasteiger partial charge in [0, 0.05) is 5.56 Å². The summed E-state index contributed by atoms with van der Waals surface area (Å²) in [6, 6.07) is 8.86. The van der Waals surface area contributed by atoms with Crippen molar-refractivity contribution in [2.45, 2.75) is 0 Å². The van der Waals surface area contributed by atoms with Gasteiger partial charge in [-0.1, -0.05) is 23.2 Å². The summed E-state index contributed by atoms with van der Waals surface area (Å²) >= 11 is 15.3. The quantitative estimate of drug-likeness (QED) is 0.549. The number of ether oxygens (including phenoxy) is 2. The van der Waals surface area contributed by atoms with Crippen LogP contribution in [0.2, 0.25) is 10.0 Å². The highest BCUT2D eigenvalue weighted by Gasteiger charge is 2.11. The van der Waals surface area contributed by atoms with Gasteiger partial charge in [0.05, 0.1) is 40.6 Å². The second kappa shape index (κ2) is 7.72. The van der Waals surface area contributed by atoms with E-state index in [1.54, 1.807) is 38.6 Å². The Morgan fingerprint density at radius 2 is 1.86 bits per heavy atom. The normalized spacial score (nSPS) is 10.8. The maximum absolute atomic E-state index is 5.95. The maximum Gasteiger partial charge on any atom is 0.175 e. The Hall–Kier alpha value is -1.43. The van der Waals surface area contributed by atoms with E-state index in [1.807, 2.05) is 12.1 Å². The molecule has 4 nitrogen and oxygen atoms in total. The number of hydrogen-bond acceptors (Lipinski definition) is 4. The summed E-state index contributed by atoms with van der Waals surface area (Å²) < 4.78 is 11.3. The van der Waals surface area contributed by atoms with E-state index in [1.165, 1.54) is 0 Å². The number of anilines is 1. The molecule has 0 saturated heterocycles. The number of rotatable bonds is 5. The number of methoxy groups -OCH3 is 2. The Bertz CT molecular complexity index is 708. The summed E-state index contributed by atoms with van der Waals surface area (Å²) in [6.45, 7) is 0. The van der Waals surface area contributed by atoms with Gasteiger partial charge in [-0.2, -0.15) is 5.10 Å². The van der Waals surface area contributed by atoms with Crippen molar-refractivity contribution >= 4 is 51.0 Å². The average molecular weight is 404 g/mol. The van der Waals surface area contributed by atoms with Crippen LogP contribution in [0, 0.1) is 0 Å². The van der Waals surface area contributed by atoms with Gasteiger partial charge in [0.1, 0.15) is 0 Å². The summed E-state index contributed by atoms with van der Waals surface area (Å²) in [5.74, 6) is 1.25. The van der Waals surface area contributed by atoms with E-state index < -0.39 is 0 Å². The third kappa shape index (κ3) is 3.85. The first kappa shape index (κ1) is 16.9. The molecule has 2 rings (SSSR count). The minimum absolute atomic E-state index is 0.467. The van der Waals surface area contributed by atoms with Gasteiger partial charge in [0.2, 0.25) is 0 Å². The van der Waals surface area contributed by atoms with Crippen LogP contribution in [0.5, 0.6) is 11.5 Å². The van der Waals surface area contributed by atoms with Crippen molar-refractivity contribution in [3.63, 3.8) is 0 Å². The molecule has 1 N–H and O–H groups in total. The first-order valence-electron chi connectivity index (χ1n) is 6.21. The van der Waals surface area contributed by atoms with Crippen LogP contribution >= 0.6 is 39.1 Å². The molecule has 0 aromatic heterocycles. The third-order valence-electron chi connectivity index (χ3n) is 2.83. The van der Waals surface area contributed by atoms with E-state index in [-0.39, 0.29) is 0 Å². The van der Waals surface area contributed by atoms with Gasteiger partial charge >= 0.3 is 0 Å². The minimum Gasteiger partial charge on any atom is -0.493 e. The predicted octanol–water partition coefficient (Wildman–Crippen LogP) is 5.22. The molecular weight excluding hydrogens is 391 g/mol. The smallest absolute Gasteiger partial charge is 0.175 e. The number of hydrazone groups is 1. The van der Waals surface area contributed by atoms with E-state index >= 15 is 0 Å². The lowest BCUT2D eigenvalue weighted by atomic mass is 10.2. The highest BCUT2D eigenvalue weighted by atomic mass is 79.9. The molecule has 0 unspecified atom stereocenters. The standard InChI is InChI=1S/C15H13BrCl2N2O2/c1-21-13-6-3-9(14(16)15(13)22-2)8-19-20-10-4-5-11(17)12(18)7-10/h3-8,20H,1-2H3. The van der Waals surface area contributed by atoms with Crippen molar-refractivity contribution in [3.05, 3.63) is 50.4 Å². The van der Waals surface area contributed by atoms with Crippen molar-refractivity contribution in [2.75, 3.05) is 19.6 Å². The molecular formula is C15H13BrCl2N2O2. The van der Waals surface area contributed by atoms with Crippen LogP contribution in [-0.2, 0) is 0 Å². The highest BCUT2D eigenvalue weighted by Crippen LogP contribution is 2.36. The fraction of sp³-hybridized carbons (Fsp3) is 0.133. The van der Waals surface area contributed by atoms with Crippen molar-refractivity contribution in [1.29, 1.82) is 0 Å². The van der Waals surface area contributed by atoms with Gasteiger partial charge in [0.15, 0.2) is 11.5 Å². The summed E-state index contributed by atoms with van der Waals surface area (Å²) in [6.07, 6.45) is 1.66. The fourth-order valence-corrected chi connectivity index (χ4v) is 2.64. The monoisotopic (exact) mass is 402 g/mol. The molecule has 0 aliphatic carbocycles. The summed E-state index contributed by atoms with van der Waals surface area (Å²) in [7, 11) is 3.17. The lowest BCUT2D eigenvalue weighted by Gasteiger charge is -2.10. The molecule has 22 heavy (non-hydrogen) atoms. The first-order chi connectivity index (χ1) is 10.6. The zero-order valence-corrected chi connectivity index (χ0v) is 15.0. The van der Waals surface area contributed by atoms with Gasteiger partial charge in [-0.15, -0.1) is 0 Å². The number of nitrogens with one attached hydrogen (secondary N) is 1. The molecule has 0 heterocycles. The maximum atomic E-state index is 5.95. The molecule has 0 fully saturated rings.